The molecular weight excluding hydrogens is 228 g/mol. The van der Waals surface area contributed by atoms with Gasteiger partial charge < -0.3 is 4.74 Å². The molecule has 4 heteroatoms. The Morgan fingerprint density at radius 3 is 3.06 bits per heavy atom. The molecule has 3 heterocycles. The molecule has 4 nitrogen and oxygen atoms in total. The number of piperazine rings is 1. The second kappa shape index (κ2) is 5.68. The number of hydrogen-bond acceptors (Lipinski definition) is 4. The number of nitrogens with zero attached hydrogens (tertiary/aromatic N) is 2. The molecule has 0 spiro atoms. The summed E-state index contributed by atoms with van der Waals surface area (Å²) in [4.78, 5) is 17.0. The number of rotatable bonds is 2. The van der Waals surface area contributed by atoms with Gasteiger partial charge in [0, 0.05) is 38.6 Å². The van der Waals surface area contributed by atoms with Gasteiger partial charge in [-0.2, -0.15) is 0 Å². The van der Waals surface area contributed by atoms with Crippen LogP contribution in [0.1, 0.15) is 25.7 Å². The zero-order valence-corrected chi connectivity index (χ0v) is 11.1. The van der Waals surface area contributed by atoms with E-state index in [1.54, 1.807) is 0 Å². The predicted octanol–water partition coefficient (Wildman–Crippen LogP) is 0.762. The Morgan fingerprint density at radius 2 is 2.17 bits per heavy atom. The van der Waals surface area contributed by atoms with Gasteiger partial charge in [0.25, 0.3) is 0 Å². The van der Waals surface area contributed by atoms with Gasteiger partial charge in [0.15, 0.2) is 0 Å². The number of ketones is 1. The van der Waals surface area contributed by atoms with Gasteiger partial charge in [-0.3, -0.25) is 14.6 Å². The molecule has 0 amide bonds. The van der Waals surface area contributed by atoms with Crippen molar-refractivity contribution in [3.63, 3.8) is 0 Å². The third-order valence-corrected chi connectivity index (χ3v) is 4.67. The summed E-state index contributed by atoms with van der Waals surface area (Å²) < 4.78 is 5.44. The lowest BCUT2D eigenvalue weighted by Gasteiger charge is -2.44. The highest BCUT2D eigenvalue weighted by Gasteiger charge is 2.31. The summed E-state index contributed by atoms with van der Waals surface area (Å²) in [6.07, 6.45) is 4.70. The molecule has 3 rings (SSSR count). The first-order valence-corrected chi connectivity index (χ1v) is 7.40. The van der Waals surface area contributed by atoms with Crippen molar-refractivity contribution in [3.05, 3.63) is 0 Å². The highest BCUT2D eigenvalue weighted by Crippen LogP contribution is 2.22. The molecule has 0 radical (unpaired) electrons. The van der Waals surface area contributed by atoms with E-state index in [9.17, 15) is 4.79 Å². The van der Waals surface area contributed by atoms with Crippen LogP contribution in [0.15, 0.2) is 0 Å². The second-order valence-electron chi connectivity index (χ2n) is 5.93. The van der Waals surface area contributed by atoms with Crippen LogP contribution in [-0.2, 0) is 9.53 Å². The van der Waals surface area contributed by atoms with Crippen LogP contribution in [0.4, 0.5) is 0 Å². The number of fused-ring (bicyclic) bond motifs is 1. The van der Waals surface area contributed by atoms with Crippen molar-refractivity contribution in [2.24, 2.45) is 5.92 Å². The summed E-state index contributed by atoms with van der Waals surface area (Å²) >= 11 is 0. The van der Waals surface area contributed by atoms with Crippen molar-refractivity contribution in [1.29, 1.82) is 0 Å². The number of piperidine rings is 1. The van der Waals surface area contributed by atoms with E-state index in [2.05, 4.69) is 9.80 Å². The Balaban J connectivity index is 1.52. The summed E-state index contributed by atoms with van der Waals surface area (Å²) in [5.74, 6) is 0.543. The van der Waals surface area contributed by atoms with Crippen LogP contribution in [0, 0.1) is 5.92 Å². The maximum atomic E-state index is 11.8. The monoisotopic (exact) mass is 252 g/mol. The van der Waals surface area contributed by atoms with Crippen molar-refractivity contribution >= 4 is 5.78 Å². The van der Waals surface area contributed by atoms with Gasteiger partial charge in [-0.05, 0) is 19.4 Å². The van der Waals surface area contributed by atoms with Crippen LogP contribution in [0.2, 0.25) is 0 Å². The minimum Gasteiger partial charge on any atom is -0.380 e. The van der Waals surface area contributed by atoms with Gasteiger partial charge >= 0.3 is 0 Å². The average molecular weight is 252 g/mol. The largest absolute Gasteiger partial charge is 0.380 e. The first-order chi connectivity index (χ1) is 8.83. The van der Waals surface area contributed by atoms with Crippen molar-refractivity contribution in [2.45, 2.75) is 31.7 Å². The molecule has 0 aromatic heterocycles. The molecule has 0 N–H and O–H groups in total. The lowest BCUT2D eigenvalue weighted by atomic mass is 9.96. The van der Waals surface area contributed by atoms with E-state index in [0.717, 1.165) is 25.7 Å². The summed E-state index contributed by atoms with van der Waals surface area (Å²) in [5, 5.41) is 0. The molecule has 2 unspecified atom stereocenters. The molecule has 0 aromatic carbocycles. The molecule has 3 aliphatic heterocycles. The molecule has 0 saturated carbocycles. The maximum Gasteiger partial charge on any atom is 0.141 e. The molecular formula is C14H24N2O2. The minimum absolute atomic E-state index is 0.133. The number of carbonyl (C=O) groups is 1. The summed E-state index contributed by atoms with van der Waals surface area (Å²) in [5.41, 5.74) is 0. The SMILES string of the molecule is O=C1CCOCC1CN1CCN2CCCCC2C1. The molecule has 0 bridgehead atoms. The first kappa shape index (κ1) is 12.6. The normalized spacial score (nSPS) is 35.4. The molecule has 3 saturated heterocycles. The van der Waals surface area contributed by atoms with E-state index in [1.807, 2.05) is 0 Å². The third-order valence-electron chi connectivity index (χ3n) is 4.67. The second-order valence-corrected chi connectivity index (χ2v) is 5.93. The third kappa shape index (κ3) is 2.76. The minimum atomic E-state index is 0.133. The Kier molecular flexibility index (Phi) is 3.97. The predicted molar refractivity (Wildman–Crippen MR) is 69.6 cm³/mol. The molecule has 102 valence electrons. The maximum absolute atomic E-state index is 11.8. The fourth-order valence-electron chi connectivity index (χ4n) is 3.55. The zero-order chi connectivity index (χ0) is 12.4. The average Bonchev–Trinajstić information content (AvgIpc) is 2.41. The highest BCUT2D eigenvalue weighted by atomic mass is 16.5. The van der Waals surface area contributed by atoms with E-state index in [0.29, 0.717) is 25.4 Å². The molecule has 3 fully saturated rings. The van der Waals surface area contributed by atoms with Gasteiger partial charge in [0.1, 0.15) is 5.78 Å². The van der Waals surface area contributed by atoms with E-state index in [-0.39, 0.29) is 5.92 Å². The smallest absolute Gasteiger partial charge is 0.141 e. The lowest BCUT2D eigenvalue weighted by Crippen LogP contribution is -2.56. The number of Topliss-reactive ketones (excluding diaryl/α,β-unsaturated/α-hetero) is 1. The van der Waals surface area contributed by atoms with Gasteiger partial charge in [-0.1, -0.05) is 6.42 Å². The zero-order valence-electron chi connectivity index (χ0n) is 11.1. The Morgan fingerprint density at radius 1 is 1.22 bits per heavy atom. The van der Waals surface area contributed by atoms with Gasteiger partial charge in [-0.25, -0.2) is 0 Å². The van der Waals surface area contributed by atoms with Gasteiger partial charge in [0.05, 0.1) is 19.1 Å². The number of hydrogen-bond donors (Lipinski definition) is 0. The molecule has 2 atom stereocenters. The Bertz CT molecular complexity index is 308. The Labute approximate surface area is 109 Å². The van der Waals surface area contributed by atoms with Crippen LogP contribution in [0.3, 0.4) is 0 Å². The molecule has 0 aliphatic carbocycles. The van der Waals surface area contributed by atoms with Crippen LogP contribution in [0.25, 0.3) is 0 Å². The summed E-state index contributed by atoms with van der Waals surface area (Å²) in [7, 11) is 0. The topological polar surface area (TPSA) is 32.8 Å². The Hall–Kier alpha value is -0.450. The summed E-state index contributed by atoms with van der Waals surface area (Å²) in [6, 6.07) is 0.743. The van der Waals surface area contributed by atoms with E-state index >= 15 is 0 Å². The number of carbonyl (C=O) groups excluding carboxylic acids is 1. The van der Waals surface area contributed by atoms with Crippen molar-refractivity contribution < 1.29 is 9.53 Å². The van der Waals surface area contributed by atoms with Crippen LogP contribution >= 0.6 is 0 Å². The highest BCUT2D eigenvalue weighted by molar-refractivity contribution is 5.82. The standard InChI is InChI=1S/C14H24N2O2/c17-14-4-8-18-11-12(14)9-15-6-7-16-5-2-1-3-13(16)10-15/h12-13H,1-11H2. The fourth-order valence-corrected chi connectivity index (χ4v) is 3.55. The van der Waals surface area contributed by atoms with E-state index < -0.39 is 0 Å². The molecule has 0 aromatic rings. The van der Waals surface area contributed by atoms with Crippen LogP contribution in [0.5, 0.6) is 0 Å². The quantitative estimate of drug-likeness (QED) is 0.726. The van der Waals surface area contributed by atoms with E-state index in [1.165, 1.54) is 32.4 Å². The lowest BCUT2D eigenvalue weighted by molar-refractivity contribution is -0.131. The molecule has 3 aliphatic rings. The first-order valence-electron chi connectivity index (χ1n) is 7.40. The molecule has 18 heavy (non-hydrogen) atoms. The van der Waals surface area contributed by atoms with Crippen LogP contribution in [-0.4, -0.2) is 67.6 Å². The van der Waals surface area contributed by atoms with Gasteiger partial charge in [0.2, 0.25) is 0 Å². The van der Waals surface area contributed by atoms with Crippen LogP contribution < -0.4 is 0 Å². The summed E-state index contributed by atoms with van der Waals surface area (Å²) in [6.45, 7) is 6.94. The number of ether oxygens (including phenoxy) is 1. The van der Waals surface area contributed by atoms with E-state index in [4.69, 9.17) is 4.74 Å². The van der Waals surface area contributed by atoms with Gasteiger partial charge in [-0.15, -0.1) is 0 Å². The fraction of sp³-hybridized carbons (Fsp3) is 0.929. The van der Waals surface area contributed by atoms with Crippen molar-refractivity contribution in [1.82, 2.24) is 9.80 Å². The van der Waals surface area contributed by atoms with Crippen molar-refractivity contribution in [2.75, 3.05) is 45.9 Å². The van der Waals surface area contributed by atoms with Crippen molar-refractivity contribution in [3.8, 4) is 0 Å².